The minimum absolute atomic E-state index is 0.510. The van der Waals surface area contributed by atoms with Crippen molar-refractivity contribution in [3.05, 3.63) is 17.7 Å². The number of hydrogen-bond donors (Lipinski definition) is 2. The van der Waals surface area contributed by atoms with E-state index in [-0.39, 0.29) is 0 Å². The number of aromatic nitrogens is 2. The van der Waals surface area contributed by atoms with Crippen LogP contribution in [-0.4, -0.2) is 16.0 Å². The maximum absolute atomic E-state index is 4.32. The lowest BCUT2D eigenvalue weighted by Gasteiger charge is -2.35. The van der Waals surface area contributed by atoms with E-state index in [0.717, 1.165) is 12.2 Å². The Morgan fingerprint density at radius 1 is 1.56 bits per heavy atom. The van der Waals surface area contributed by atoms with Crippen molar-refractivity contribution in [1.82, 2.24) is 15.3 Å². The summed E-state index contributed by atoms with van der Waals surface area (Å²) in [6, 6.07) is 0.667. The van der Waals surface area contributed by atoms with E-state index in [0.29, 0.717) is 11.5 Å². The first-order chi connectivity index (χ1) is 7.57. The van der Waals surface area contributed by atoms with Gasteiger partial charge in [0.05, 0.1) is 12.0 Å². The lowest BCUT2D eigenvalue weighted by Crippen LogP contribution is -2.37. The smallest absolute Gasteiger partial charge is 0.0925 e. The Balaban J connectivity index is 1.84. The quantitative estimate of drug-likeness (QED) is 0.824. The van der Waals surface area contributed by atoms with Crippen molar-refractivity contribution < 1.29 is 0 Å². The van der Waals surface area contributed by atoms with Gasteiger partial charge in [-0.15, -0.1) is 0 Å². The van der Waals surface area contributed by atoms with Gasteiger partial charge in [-0.25, -0.2) is 4.98 Å². The van der Waals surface area contributed by atoms with Crippen LogP contribution < -0.4 is 5.32 Å². The van der Waals surface area contributed by atoms with Gasteiger partial charge < -0.3 is 10.3 Å². The molecule has 2 N–H and O–H groups in total. The van der Waals surface area contributed by atoms with Crippen molar-refractivity contribution in [2.24, 2.45) is 5.41 Å². The maximum Gasteiger partial charge on any atom is 0.0925 e. The molecule has 2 rings (SSSR count). The average molecular weight is 221 g/mol. The van der Waals surface area contributed by atoms with Gasteiger partial charge >= 0.3 is 0 Å². The number of imidazole rings is 1. The number of hydrogen-bond acceptors (Lipinski definition) is 2. The number of aryl methyl sites for hydroxylation is 1. The molecule has 0 bridgehead atoms. The predicted octanol–water partition coefficient (Wildman–Crippen LogP) is 2.78. The second-order valence-corrected chi connectivity index (χ2v) is 5.81. The molecule has 1 aliphatic rings. The van der Waals surface area contributed by atoms with Gasteiger partial charge in [0.15, 0.2) is 0 Å². The average Bonchev–Trinajstić information content (AvgIpc) is 2.60. The predicted molar refractivity (Wildman–Crippen MR) is 66.2 cm³/mol. The standard InChI is InChI=1S/C13H23N3/c1-10-12(16-9-15-10)8-14-11-5-4-6-13(2,3)7-11/h9,11,14H,4-8H2,1-3H3,(H,15,16). The molecular weight excluding hydrogens is 198 g/mol. The van der Waals surface area contributed by atoms with Gasteiger partial charge in [0.25, 0.3) is 0 Å². The van der Waals surface area contributed by atoms with Crippen LogP contribution in [0.25, 0.3) is 0 Å². The van der Waals surface area contributed by atoms with Crippen LogP contribution in [-0.2, 0) is 6.54 Å². The summed E-state index contributed by atoms with van der Waals surface area (Å²) in [6.45, 7) is 7.73. The van der Waals surface area contributed by atoms with Crippen molar-refractivity contribution in [2.75, 3.05) is 0 Å². The van der Waals surface area contributed by atoms with Crippen LogP contribution in [0.5, 0.6) is 0 Å². The number of aromatic amines is 1. The SMILES string of the molecule is Cc1[nH]cnc1CNC1CCCC(C)(C)C1. The molecule has 0 amide bonds. The molecule has 0 saturated heterocycles. The first kappa shape index (κ1) is 11.6. The van der Waals surface area contributed by atoms with Crippen LogP contribution in [0.15, 0.2) is 6.33 Å². The molecule has 16 heavy (non-hydrogen) atoms. The van der Waals surface area contributed by atoms with Gasteiger partial charge in [-0.2, -0.15) is 0 Å². The van der Waals surface area contributed by atoms with Gasteiger partial charge in [0.1, 0.15) is 0 Å². The number of nitrogens with one attached hydrogen (secondary N) is 2. The Morgan fingerprint density at radius 2 is 2.38 bits per heavy atom. The third-order valence-electron chi connectivity index (χ3n) is 3.70. The third kappa shape index (κ3) is 2.85. The van der Waals surface area contributed by atoms with E-state index < -0.39 is 0 Å². The molecular formula is C13H23N3. The monoisotopic (exact) mass is 221 g/mol. The van der Waals surface area contributed by atoms with Crippen molar-refractivity contribution in [2.45, 2.75) is 59.0 Å². The zero-order chi connectivity index (χ0) is 11.6. The van der Waals surface area contributed by atoms with E-state index in [4.69, 9.17) is 0 Å². The number of nitrogens with zero attached hydrogens (tertiary/aromatic N) is 1. The van der Waals surface area contributed by atoms with E-state index in [1.807, 2.05) is 0 Å². The molecule has 1 aromatic rings. The van der Waals surface area contributed by atoms with E-state index in [1.165, 1.54) is 31.4 Å². The van der Waals surface area contributed by atoms with Crippen LogP contribution in [0.1, 0.15) is 50.9 Å². The Labute approximate surface area is 98.1 Å². The maximum atomic E-state index is 4.32. The highest BCUT2D eigenvalue weighted by atomic mass is 15.0. The van der Waals surface area contributed by atoms with Gasteiger partial charge in [-0.1, -0.05) is 20.3 Å². The van der Waals surface area contributed by atoms with Crippen LogP contribution >= 0.6 is 0 Å². The molecule has 90 valence electrons. The van der Waals surface area contributed by atoms with E-state index >= 15 is 0 Å². The second kappa shape index (κ2) is 4.58. The molecule has 0 aliphatic heterocycles. The van der Waals surface area contributed by atoms with Crippen molar-refractivity contribution in [3.8, 4) is 0 Å². The van der Waals surface area contributed by atoms with Crippen molar-refractivity contribution in [1.29, 1.82) is 0 Å². The fraction of sp³-hybridized carbons (Fsp3) is 0.769. The van der Waals surface area contributed by atoms with Gasteiger partial charge in [0, 0.05) is 18.3 Å². The fourth-order valence-electron chi connectivity index (χ4n) is 2.68. The van der Waals surface area contributed by atoms with Crippen LogP contribution in [0.3, 0.4) is 0 Å². The topological polar surface area (TPSA) is 40.7 Å². The summed E-state index contributed by atoms with van der Waals surface area (Å²) in [5.41, 5.74) is 2.85. The summed E-state index contributed by atoms with van der Waals surface area (Å²) in [5.74, 6) is 0. The lowest BCUT2D eigenvalue weighted by molar-refractivity contribution is 0.197. The minimum atomic E-state index is 0.510. The molecule has 1 heterocycles. The largest absolute Gasteiger partial charge is 0.348 e. The molecule has 0 radical (unpaired) electrons. The van der Waals surface area contributed by atoms with Crippen molar-refractivity contribution in [3.63, 3.8) is 0 Å². The summed E-state index contributed by atoms with van der Waals surface area (Å²) in [4.78, 5) is 7.44. The Kier molecular flexibility index (Phi) is 3.33. The number of rotatable bonds is 3. The summed E-state index contributed by atoms with van der Waals surface area (Å²) in [5, 5.41) is 3.64. The summed E-state index contributed by atoms with van der Waals surface area (Å²) < 4.78 is 0. The molecule has 0 aromatic carbocycles. The molecule has 3 nitrogen and oxygen atoms in total. The van der Waals surface area contributed by atoms with Gasteiger partial charge in [-0.05, 0) is 31.6 Å². The molecule has 3 heteroatoms. The molecule has 1 unspecified atom stereocenters. The van der Waals surface area contributed by atoms with Crippen molar-refractivity contribution >= 4 is 0 Å². The molecule has 1 fully saturated rings. The first-order valence-electron chi connectivity index (χ1n) is 6.29. The van der Waals surface area contributed by atoms with Crippen LogP contribution in [0.2, 0.25) is 0 Å². The highest BCUT2D eigenvalue weighted by Gasteiger charge is 2.27. The lowest BCUT2D eigenvalue weighted by atomic mass is 9.75. The molecule has 1 aliphatic carbocycles. The fourth-order valence-corrected chi connectivity index (χ4v) is 2.68. The van der Waals surface area contributed by atoms with Gasteiger partial charge in [0.2, 0.25) is 0 Å². The zero-order valence-electron chi connectivity index (χ0n) is 10.6. The summed E-state index contributed by atoms with van der Waals surface area (Å²) in [7, 11) is 0. The van der Waals surface area contributed by atoms with E-state index in [2.05, 4.69) is 36.1 Å². The van der Waals surface area contributed by atoms with Crippen LogP contribution in [0, 0.1) is 12.3 Å². The zero-order valence-corrected chi connectivity index (χ0v) is 10.6. The Bertz CT molecular complexity index is 341. The summed E-state index contributed by atoms with van der Waals surface area (Å²) in [6.07, 6.45) is 7.09. The summed E-state index contributed by atoms with van der Waals surface area (Å²) >= 11 is 0. The van der Waals surface area contributed by atoms with Crippen LogP contribution in [0.4, 0.5) is 0 Å². The molecule has 1 saturated carbocycles. The van der Waals surface area contributed by atoms with E-state index in [1.54, 1.807) is 6.33 Å². The molecule has 1 aromatic heterocycles. The number of H-pyrrole nitrogens is 1. The molecule has 0 spiro atoms. The molecule has 1 atom stereocenters. The Morgan fingerprint density at radius 3 is 3.00 bits per heavy atom. The second-order valence-electron chi connectivity index (χ2n) is 5.81. The minimum Gasteiger partial charge on any atom is -0.348 e. The van der Waals surface area contributed by atoms with E-state index in [9.17, 15) is 0 Å². The van der Waals surface area contributed by atoms with Gasteiger partial charge in [-0.3, -0.25) is 0 Å². The highest BCUT2D eigenvalue weighted by molar-refractivity contribution is 5.08. The normalized spacial score (nSPS) is 24.6. The first-order valence-corrected chi connectivity index (χ1v) is 6.29. The third-order valence-corrected chi connectivity index (χ3v) is 3.70. The highest BCUT2D eigenvalue weighted by Crippen LogP contribution is 2.35. The Hall–Kier alpha value is -0.830.